The van der Waals surface area contributed by atoms with Crippen molar-refractivity contribution in [1.29, 1.82) is 0 Å². The van der Waals surface area contributed by atoms with Crippen molar-refractivity contribution in [3.05, 3.63) is 56.8 Å². The summed E-state index contributed by atoms with van der Waals surface area (Å²) in [6.45, 7) is 1.24. The molecule has 1 aliphatic carbocycles. The average Bonchev–Trinajstić information content (AvgIpc) is 3.63. The van der Waals surface area contributed by atoms with Gasteiger partial charge in [-0.1, -0.05) is 6.08 Å². The number of aromatic amines is 2. The highest BCUT2D eigenvalue weighted by Gasteiger charge is 2.46. The number of ether oxygens (including phenoxy) is 1. The molecule has 0 radical (unpaired) electrons. The van der Waals surface area contributed by atoms with Gasteiger partial charge >= 0.3 is 20.9 Å². The number of rotatable bonds is 13. The Hall–Kier alpha value is -3.96. The van der Waals surface area contributed by atoms with E-state index in [1.54, 1.807) is 12.2 Å². The van der Waals surface area contributed by atoms with Crippen molar-refractivity contribution in [1.82, 2.24) is 29.5 Å². The van der Waals surface area contributed by atoms with E-state index in [1.807, 2.05) is 13.8 Å². The van der Waals surface area contributed by atoms with Gasteiger partial charge in [0.15, 0.2) is 29.3 Å². The number of fused-ring (bicyclic) bond motifs is 3. The Bertz CT molecular complexity index is 2200. The van der Waals surface area contributed by atoms with Crippen molar-refractivity contribution in [3.63, 3.8) is 0 Å². The van der Waals surface area contributed by atoms with Gasteiger partial charge < -0.3 is 59.7 Å². The van der Waals surface area contributed by atoms with E-state index in [2.05, 4.69) is 29.9 Å². The summed E-state index contributed by atoms with van der Waals surface area (Å²) in [7, 11) is -10.0. The summed E-state index contributed by atoms with van der Waals surface area (Å²) in [6, 6.07) is -0.695. The fourth-order valence-corrected chi connectivity index (χ4v) is 9.21. The Balaban J connectivity index is 1.04. The molecule has 0 amide bonds. The van der Waals surface area contributed by atoms with Crippen LogP contribution in [0, 0.1) is 0 Å². The van der Waals surface area contributed by atoms with E-state index in [4.69, 9.17) is 19.5 Å². The van der Waals surface area contributed by atoms with Crippen molar-refractivity contribution in [2.24, 2.45) is 4.99 Å². The summed E-state index contributed by atoms with van der Waals surface area (Å²) in [5.41, 5.74) is 6.40. The second kappa shape index (κ2) is 14.7. The minimum atomic E-state index is -5.03. The summed E-state index contributed by atoms with van der Waals surface area (Å²) >= 11 is 0. The van der Waals surface area contributed by atoms with E-state index in [-0.39, 0.29) is 28.5 Å². The third kappa shape index (κ3) is 7.97. The number of anilines is 2. The molecule has 3 aromatic heterocycles. The zero-order chi connectivity index (χ0) is 38.6. The maximum atomic E-state index is 12.8. The number of hydrogen-bond acceptors (Lipinski definition) is 18. The summed E-state index contributed by atoms with van der Waals surface area (Å²) in [5, 5.41) is 53.3. The summed E-state index contributed by atoms with van der Waals surface area (Å²) < 4.78 is 42.1. The molecule has 10 atom stereocenters. The number of aliphatic hydroxyl groups is 5. The first kappa shape index (κ1) is 38.8. The molecule has 53 heavy (non-hydrogen) atoms. The third-order valence-corrected chi connectivity index (χ3v) is 12.8. The Morgan fingerprint density at radius 3 is 2.45 bits per heavy atom. The van der Waals surface area contributed by atoms with Crippen LogP contribution in [0.1, 0.15) is 20.1 Å². The fraction of sp³-hybridized carbons (Fsp3) is 0.500. The van der Waals surface area contributed by atoms with Crippen LogP contribution >= 0.6 is 15.2 Å². The van der Waals surface area contributed by atoms with Crippen LogP contribution in [0.5, 0.6) is 0 Å². The number of allylic oxidation sites excluding steroid dienone is 2. The van der Waals surface area contributed by atoms with E-state index >= 15 is 0 Å². The van der Waals surface area contributed by atoms with Crippen LogP contribution in [0.25, 0.3) is 11.2 Å². The molecule has 25 heteroatoms. The van der Waals surface area contributed by atoms with Crippen LogP contribution < -0.4 is 21.9 Å². The molecular formula is C28H37N9O14P2. The highest BCUT2D eigenvalue weighted by Crippen LogP contribution is 2.58. The number of nitrogens with one attached hydrogen (secondary N) is 2. The second-order valence-electron chi connectivity index (χ2n) is 12.7. The second-order valence-corrected chi connectivity index (χ2v) is 16.9. The molecule has 11 N–H and O–H groups in total. The molecule has 0 aromatic carbocycles. The van der Waals surface area contributed by atoms with Crippen molar-refractivity contribution in [2.75, 3.05) is 36.3 Å². The molecule has 2 aliphatic heterocycles. The molecule has 3 aromatic rings. The van der Waals surface area contributed by atoms with Gasteiger partial charge in [-0.05, 0) is 31.1 Å². The first-order valence-electron chi connectivity index (χ1n) is 15.9. The van der Waals surface area contributed by atoms with Gasteiger partial charge in [0.05, 0.1) is 31.3 Å². The SMILES string of the molecule is CC1=CC2=Nc3c([nH]c(=O)[nH]c3=O)N(CC(O)C(O)C(O)COP(=O)(O)CP(=O)(O)OC[C@H]3O[C@@H](n4cnc5c(N)ncnc54)C(O)[C@H]3O)C2C=C1C. The fourth-order valence-electron chi connectivity index (χ4n) is 5.98. The van der Waals surface area contributed by atoms with E-state index in [0.717, 1.165) is 17.5 Å². The number of nitrogens with two attached hydrogens (primary N) is 1. The van der Waals surface area contributed by atoms with Crippen LogP contribution in [-0.2, 0) is 22.9 Å². The van der Waals surface area contributed by atoms with Gasteiger partial charge in [0, 0.05) is 6.54 Å². The molecule has 1 fully saturated rings. The molecular weight excluding hydrogens is 748 g/mol. The summed E-state index contributed by atoms with van der Waals surface area (Å²) in [4.78, 5) is 67.5. The minimum absolute atomic E-state index is 0.0478. The zero-order valence-electron chi connectivity index (χ0n) is 27.9. The molecule has 6 rings (SSSR count). The van der Waals surface area contributed by atoms with E-state index in [9.17, 15) is 54.0 Å². The van der Waals surface area contributed by atoms with Crippen LogP contribution in [0.3, 0.4) is 0 Å². The van der Waals surface area contributed by atoms with Gasteiger partial charge in [-0.25, -0.2) is 24.7 Å². The van der Waals surface area contributed by atoms with Crippen molar-refractivity contribution in [3.8, 4) is 0 Å². The smallest absolute Gasteiger partial charge is 0.340 e. The molecule has 5 heterocycles. The number of β-amino-alcohol motifs (C(OH)–C–C–N with tert-alkyl or cyclic N) is 1. The summed E-state index contributed by atoms with van der Waals surface area (Å²) in [5.74, 6) is -1.50. The Kier molecular flexibility index (Phi) is 10.7. The molecule has 7 unspecified atom stereocenters. The highest BCUT2D eigenvalue weighted by molar-refractivity contribution is 7.70. The number of nitrogens with zero attached hydrogens (tertiary/aromatic N) is 6. The van der Waals surface area contributed by atoms with Crippen LogP contribution in [0.2, 0.25) is 0 Å². The Morgan fingerprint density at radius 2 is 1.72 bits per heavy atom. The first-order valence-corrected chi connectivity index (χ1v) is 19.4. The molecule has 23 nitrogen and oxygen atoms in total. The Labute approximate surface area is 297 Å². The van der Waals surface area contributed by atoms with Crippen molar-refractivity contribution >= 4 is 49.4 Å². The number of aliphatic imine (C=N–C) groups is 1. The molecule has 288 valence electrons. The maximum Gasteiger partial charge on any atom is 0.340 e. The highest BCUT2D eigenvalue weighted by atomic mass is 31.2. The number of aromatic nitrogens is 6. The third-order valence-electron chi connectivity index (χ3n) is 8.88. The average molecular weight is 786 g/mol. The minimum Gasteiger partial charge on any atom is -0.388 e. The molecule has 3 aliphatic rings. The zero-order valence-corrected chi connectivity index (χ0v) is 29.7. The lowest BCUT2D eigenvalue weighted by Gasteiger charge is -2.39. The van der Waals surface area contributed by atoms with Gasteiger partial charge in [0.25, 0.3) is 5.56 Å². The lowest BCUT2D eigenvalue weighted by atomic mass is 9.92. The summed E-state index contributed by atoms with van der Waals surface area (Å²) in [6.07, 6.45) is -5.91. The van der Waals surface area contributed by atoms with Gasteiger partial charge in [0.2, 0.25) is 0 Å². The molecule has 0 saturated carbocycles. The predicted molar refractivity (Wildman–Crippen MR) is 184 cm³/mol. The molecule has 1 saturated heterocycles. The van der Waals surface area contributed by atoms with E-state index in [0.29, 0.717) is 5.71 Å². The lowest BCUT2D eigenvalue weighted by molar-refractivity contribution is -0.0705. The van der Waals surface area contributed by atoms with Gasteiger partial charge in [-0.15, -0.1) is 0 Å². The van der Waals surface area contributed by atoms with Crippen molar-refractivity contribution in [2.45, 2.75) is 62.7 Å². The molecule has 0 spiro atoms. The topological polar surface area (TPSA) is 354 Å². The number of nitrogen functional groups attached to an aromatic ring is 1. The number of hydrogen-bond donors (Lipinski definition) is 10. The largest absolute Gasteiger partial charge is 0.388 e. The van der Waals surface area contributed by atoms with Crippen LogP contribution in [-0.4, -0.2) is 139 Å². The standard InChI is InChI=1S/C28H37N9O14P2/c1-11-3-13-14(4-12(11)2)36(25-19(33-13)26(43)35-28(44)34-25)5-15(38)20(40)16(39)6-49-52(45,46)10-53(47,48)50-7-17-21(41)22(42)27(51-17)37-9-32-18-23(29)30-8-31-24(18)37/h3-4,8-9,14-17,20-22,27,38-42H,5-7,10H2,1-2H3,(H,45,46)(H,47,48)(H2,29,30,31)(H2,34,35,43,44)/t14?,15?,16?,17-,20?,21+,22?,27-/m1/s1. The van der Waals surface area contributed by atoms with E-state index < -0.39 is 101 Å². The normalized spacial score (nSPS) is 26.8. The predicted octanol–water partition coefficient (Wildman–Crippen LogP) is -2.28. The Morgan fingerprint density at radius 1 is 1.00 bits per heavy atom. The number of imidazole rings is 1. The lowest BCUT2D eigenvalue weighted by Crippen LogP contribution is -2.52. The molecule has 0 bridgehead atoms. The van der Waals surface area contributed by atoms with Crippen LogP contribution in [0.15, 0.2) is 50.5 Å². The van der Waals surface area contributed by atoms with Crippen LogP contribution in [0.4, 0.5) is 17.3 Å². The monoisotopic (exact) mass is 785 g/mol. The van der Waals surface area contributed by atoms with Gasteiger partial charge in [-0.3, -0.25) is 28.5 Å². The van der Waals surface area contributed by atoms with Crippen molar-refractivity contribution < 1.29 is 58.2 Å². The quantitative estimate of drug-likeness (QED) is 0.0816. The van der Waals surface area contributed by atoms with Gasteiger partial charge in [-0.2, -0.15) is 0 Å². The van der Waals surface area contributed by atoms with E-state index in [1.165, 1.54) is 15.8 Å². The maximum absolute atomic E-state index is 12.8. The number of aliphatic hydroxyl groups excluding tert-OH is 5. The number of H-pyrrole nitrogens is 2. The first-order chi connectivity index (χ1) is 24.9. The van der Waals surface area contributed by atoms with Gasteiger partial charge in [0.1, 0.15) is 54.3 Å².